The predicted molar refractivity (Wildman–Crippen MR) is 73.0 cm³/mol. The molecule has 1 atom stereocenters. The maximum atomic E-state index is 10.9. The first-order valence-electron chi connectivity index (χ1n) is 6.69. The van der Waals surface area contributed by atoms with Gasteiger partial charge in [-0.25, -0.2) is 0 Å². The lowest BCUT2D eigenvalue weighted by atomic mass is 10.2. The van der Waals surface area contributed by atoms with E-state index in [0.29, 0.717) is 26.2 Å². The summed E-state index contributed by atoms with van der Waals surface area (Å²) in [5.41, 5.74) is 6.74. The summed E-state index contributed by atoms with van der Waals surface area (Å²) in [4.78, 5) is 10.9. The lowest BCUT2D eigenvalue weighted by molar-refractivity contribution is -0.125. The van der Waals surface area contributed by atoms with Gasteiger partial charge in [0, 0.05) is 38.9 Å². The number of aromatic amines is 1. The first-order chi connectivity index (χ1) is 9.72. The van der Waals surface area contributed by atoms with Crippen molar-refractivity contribution in [2.24, 2.45) is 5.73 Å². The van der Waals surface area contributed by atoms with Crippen LogP contribution in [0.25, 0.3) is 0 Å². The molecule has 0 fully saturated rings. The Hall–Kier alpha value is -1.51. The van der Waals surface area contributed by atoms with Crippen molar-refractivity contribution in [2.45, 2.75) is 25.3 Å². The van der Waals surface area contributed by atoms with Crippen LogP contribution in [0.1, 0.15) is 18.5 Å². The maximum Gasteiger partial charge on any atom is 0.245 e. The third-order valence-electron chi connectivity index (χ3n) is 2.61. The van der Waals surface area contributed by atoms with E-state index in [0.717, 1.165) is 18.5 Å². The molecule has 0 radical (unpaired) electrons. The van der Waals surface area contributed by atoms with Crippen molar-refractivity contribution >= 4 is 5.91 Å². The van der Waals surface area contributed by atoms with Crippen molar-refractivity contribution in [2.75, 3.05) is 33.5 Å². The van der Waals surface area contributed by atoms with Crippen molar-refractivity contribution in [1.29, 1.82) is 0 Å². The molecule has 0 aliphatic rings. The van der Waals surface area contributed by atoms with Gasteiger partial charge in [-0.15, -0.1) is 5.10 Å². The Morgan fingerprint density at radius 2 is 2.20 bits per heavy atom. The number of aromatic nitrogens is 3. The van der Waals surface area contributed by atoms with E-state index < -0.39 is 0 Å². The van der Waals surface area contributed by atoms with Crippen molar-refractivity contribution in [3.63, 3.8) is 0 Å². The zero-order chi connectivity index (χ0) is 14.6. The summed E-state index contributed by atoms with van der Waals surface area (Å²) >= 11 is 0. The zero-order valence-corrected chi connectivity index (χ0v) is 11.8. The second kappa shape index (κ2) is 10.3. The number of nitrogens with zero attached hydrogens (tertiary/aromatic N) is 2. The third kappa shape index (κ3) is 7.82. The number of unbranched alkanes of at least 4 members (excludes halogenated alkanes) is 1. The standard InChI is InChI=1S/C12H23N5O3/c1-14-12(18)9-20-5-3-2-4-19-8-10(13)6-11-7-15-17-16-11/h7,10H,2-6,8-9,13H2,1H3,(H,14,18)(H,15,16,17). The van der Waals surface area contributed by atoms with Crippen LogP contribution in [-0.4, -0.2) is 60.8 Å². The summed E-state index contributed by atoms with van der Waals surface area (Å²) in [6, 6.07) is -0.0791. The largest absolute Gasteiger partial charge is 0.380 e. The molecule has 0 saturated heterocycles. The molecule has 0 saturated carbocycles. The third-order valence-corrected chi connectivity index (χ3v) is 2.61. The van der Waals surface area contributed by atoms with Gasteiger partial charge in [0.05, 0.1) is 12.3 Å². The highest BCUT2D eigenvalue weighted by atomic mass is 16.5. The molecule has 20 heavy (non-hydrogen) atoms. The fourth-order valence-corrected chi connectivity index (χ4v) is 1.53. The second-order valence-corrected chi connectivity index (χ2v) is 4.44. The van der Waals surface area contributed by atoms with Crippen LogP contribution < -0.4 is 11.1 Å². The van der Waals surface area contributed by atoms with E-state index in [-0.39, 0.29) is 18.6 Å². The predicted octanol–water partition coefficient (Wildman–Crippen LogP) is -0.766. The Morgan fingerprint density at radius 1 is 1.45 bits per heavy atom. The van der Waals surface area contributed by atoms with Gasteiger partial charge in [-0.3, -0.25) is 9.89 Å². The van der Waals surface area contributed by atoms with Gasteiger partial charge in [0.2, 0.25) is 5.91 Å². The van der Waals surface area contributed by atoms with E-state index >= 15 is 0 Å². The summed E-state index contributed by atoms with van der Waals surface area (Å²) in [7, 11) is 1.59. The van der Waals surface area contributed by atoms with Crippen molar-refractivity contribution in [3.05, 3.63) is 11.9 Å². The summed E-state index contributed by atoms with van der Waals surface area (Å²) in [6.45, 7) is 1.80. The van der Waals surface area contributed by atoms with Gasteiger partial charge < -0.3 is 20.5 Å². The topological polar surface area (TPSA) is 115 Å². The second-order valence-electron chi connectivity index (χ2n) is 4.44. The van der Waals surface area contributed by atoms with Crippen LogP contribution in [-0.2, 0) is 20.7 Å². The van der Waals surface area contributed by atoms with Crippen LogP contribution >= 0.6 is 0 Å². The Kier molecular flexibility index (Phi) is 8.52. The Morgan fingerprint density at radius 3 is 2.85 bits per heavy atom. The number of hydrogen-bond acceptors (Lipinski definition) is 6. The van der Waals surface area contributed by atoms with Crippen LogP contribution in [0.3, 0.4) is 0 Å². The highest BCUT2D eigenvalue weighted by molar-refractivity contribution is 5.76. The fraction of sp³-hybridized carbons (Fsp3) is 0.750. The number of amides is 1. The molecule has 4 N–H and O–H groups in total. The highest BCUT2D eigenvalue weighted by Crippen LogP contribution is 1.97. The normalized spacial score (nSPS) is 12.3. The minimum Gasteiger partial charge on any atom is -0.380 e. The maximum absolute atomic E-state index is 10.9. The van der Waals surface area contributed by atoms with Gasteiger partial charge in [0.15, 0.2) is 0 Å². The summed E-state index contributed by atoms with van der Waals surface area (Å²) in [5, 5.41) is 12.6. The molecule has 0 aromatic carbocycles. The number of ether oxygens (including phenoxy) is 2. The SMILES string of the molecule is CNC(=O)COCCCCOCC(N)Cc1c[nH]nn1. The van der Waals surface area contributed by atoms with Crippen LogP contribution in [0.4, 0.5) is 0 Å². The van der Waals surface area contributed by atoms with Crippen LogP contribution in [0, 0.1) is 0 Å². The molecule has 0 spiro atoms. The number of nitrogens with one attached hydrogen (secondary N) is 2. The lowest BCUT2D eigenvalue weighted by Gasteiger charge is -2.10. The van der Waals surface area contributed by atoms with E-state index in [4.69, 9.17) is 15.2 Å². The lowest BCUT2D eigenvalue weighted by Crippen LogP contribution is -2.29. The Bertz CT molecular complexity index is 358. The molecule has 1 amide bonds. The van der Waals surface area contributed by atoms with E-state index in [2.05, 4.69) is 20.7 Å². The van der Waals surface area contributed by atoms with Crippen molar-refractivity contribution in [1.82, 2.24) is 20.7 Å². The highest BCUT2D eigenvalue weighted by Gasteiger charge is 2.06. The van der Waals surface area contributed by atoms with Gasteiger partial charge >= 0.3 is 0 Å². The van der Waals surface area contributed by atoms with E-state index in [9.17, 15) is 4.79 Å². The number of H-pyrrole nitrogens is 1. The van der Waals surface area contributed by atoms with E-state index in [1.54, 1.807) is 13.2 Å². The average molecular weight is 285 g/mol. The van der Waals surface area contributed by atoms with E-state index in [1.165, 1.54) is 0 Å². The van der Waals surface area contributed by atoms with Crippen molar-refractivity contribution < 1.29 is 14.3 Å². The number of rotatable bonds is 11. The summed E-state index contributed by atoms with van der Waals surface area (Å²) < 4.78 is 10.6. The quantitative estimate of drug-likeness (QED) is 0.460. The fourth-order valence-electron chi connectivity index (χ4n) is 1.53. The zero-order valence-electron chi connectivity index (χ0n) is 11.8. The number of carbonyl (C=O) groups is 1. The number of nitrogens with two attached hydrogens (primary N) is 1. The Balaban J connectivity index is 1.88. The number of likely N-dealkylation sites (N-methyl/N-ethyl adjacent to an activating group) is 1. The summed E-state index contributed by atoms with van der Waals surface area (Å²) in [5.74, 6) is -0.111. The smallest absolute Gasteiger partial charge is 0.245 e. The minimum absolute atomic E-state index is 0.0791. The van der Waals surface area contributed by atoms with Gasteiger partial charge in [0.25, 0.3) is 0 Å². The molecule has 8 heteroatoms. The molecule has 1 aromatic rings. The van der Waals surface area contributed by atoms with Crippen LogP contribution in [0.2, 0.25) is 0 Å². The van der Waals surface area contributed by atoms with Gasteiger partial charge in [-0.1, -0.05) is 5.21 Å². The molecule has 1 aromatic heterocycles. The molecule has 0 aliphatic heterocycles. The average Bonchev–Trinajstić information content (AvgIpc) is 2.94. The molecule has 8 nitrogen and oxygen atoms in total. The monoisotopic (exact) mass is 285 g/mol. The van der Waals surface area contributed by atoms with Gasteiger partial charge in [-0.05, 0) is 12.8 Å². The Labute approximate surface area is 118 Å². The van der Waals surface area contributed by atoms with Crippen LogP contribution in [0.15, 0.2) is 6.20 Å². The number of hydrogen-bond donors (Lipinski definition) is 3. The summed E-state index contributed by atoms with van der Waals surface area (Å²) in [6.07, 6.45) is 4.11. The molecule has 1 rings (SSSR count). The molecular formula is C12H23N5O3. The molecule has 1 unspecified atom stereocenters. The molecule has 0 aliphatic carbocycles. The van der Waals surface area contributed by atoms with Crippen molar-refractivity contribution in [3.8, 4) is 0 Å². The first kappa shape index (κ1) is 16.5. The first-order valence-corrected chi connectivity index (χ1v) is 6.69. The molecule has 1 heterocycles. The molecule has 114 valence electrons. The van der Waals surface area contributed by atoms with Gasteiger partial charge in [0.1, 0.15) is 6.61 Å². The van der Waals surface area contributed by atoms with E-state index in [1.807, 2.05) is 0 Å². The van der Waals surface area contributed by atoms with Gasteiger partial charge in [-0.2, -0.15) is 0 Å². The molecular weight excluding hydrogens is 262 g/mol. The number of carbonyl (C=O) groups excluding carboxylic acids is 1. The van der Waals surface area contributed by atoms with Crippen LogP contribution in [0.5, 0.6) is 0 Å². The minimum atomic E-state index is -0.111. The molecule has 0 bridgehead atoms.